The van der Waals surface area contributed by atoms with Crippen LogP contribution in [-0.2, 0) is 27.2 Å². The van der Waals surface area contributed by atoms with Crippen LogP contribution in [0.3, 0.4) is 0 Å². The second-order valence-corrected chi connectivity index (χ2v) is 14.5. The summed E-state index contributed by atoms with van der Waals surface area (Å²) in [6.07, 6.45) is -8.27. The van der Waals surface area contributed by atoms with Gasteiger partial charge in [0.15, 0.2) is 0 Å². The van der Waals surface area contributed by atoms with E-state index in [1.165, 1.54) is 36.2 Å². The quantitative estimate of drug-likeness (QED) is 0.238. The maximum Gasteiger partial charge on any atom is 0.416 e. The van der Waals surface area contributed by atoms with Gasteiger partial charge in [0.25, 0.3) is 0 Å². The Kier molecular flexibility index (Phi) is 11.6. The van der Waals surface area contributed by atoms with E-state index in [1.807, 2.05) is 0 Å². The Hall–Kier alpha value is -3.11. The first kappa shape index (κ1) is 37.7. The minimum Gasteiger partial charge on any atom is -0.340 e. The van der Waals surface area contributed by atoms with Crippen LogP contribution < -0.4 is 9.62 Å². The van der Waals surface area contributed by atoms with Gasteiger partial charge in [-0.25, -0.2) is 22.3 Å². The molecule has 2 aromatic rings. The SMILES string of the molecule is CN(C(=O)N(C)[C@@H]1CN(C(=O)[C@H]2CC[C@H](NS(=O)(=O)CCCCl)CC2)C[C@H]1c1ccc(F)cc1)c1cc(C(F)(F)F)cc(C(F)(F)F)c1. The van der Waals surface area contributed by atoms with Crippen LogP contribution in [0.4, 0.5) is 41.2 Å². The van der Waals surface area contributed by atoms with Crippen LogP contribution in [0.5, 0.6) is 0 Å². The summed E-state index contributed by atoms with van der Waals surface area (Å²) in [4.78, 5) is 30.7. The molecule has 1 heterocycles. The lowest BCUT2D eigenvalue weighted by Crippen LogP contribution is -2.48. The highest BCUT2D eigenvalue weighted by Crippen LogP contribution is 2.39. The number of carbonyl (C=O) groups excluding carboxylic acids is 2. The first-order valence-corrected chi connectivity index (χ1v) is 17.4. The maximum absolute atomic E-state index is 13.8. The Bertz CT molecular complexity index is 1530. The molecule has 3 amide bonds. The summed E-state index contributed by atoms with van der Waals surface area (Å²) < 4.78 is 122. The van der Waals surface area contributed by atoms with Gasteiger partial charge < -0.3 is 9.80 Å². The second kappa shape index (κ2) is 14.8. The van der Waals surface area contributed by atoms with Gasteiger partial charge in [0.1, 0.15) is 5.82 Å². The Morgan fingerprint density at radius 1 is 0.917 bits per heavy atom. The molecule has 48 heavy (non-hydrogen) atoms. The highest BCUT2D eigenvalue weighted by atomic mass is 35.5. The Morgan fingerprint density at radius 3 is 2.00 bits per heavy atom. The average molecular weight is 729 g/mol. The number of alkyl halides is 7. The smallest absolute Gasteiger partial charge is 0.340 e. The van der Waals surface area contributed by atoms with Crippen LogP contribution in [-0.4, -0.2) is 81.1 Å². The van der Waals surface area contributed by atoms with E-state index in [1.54, 1.807) is 4.90 Å². The minimum atomic E-state index is -5.11. The molecule has 0 bridgehead atoms. The molecular weight excluding hydrogens is 693 g/mol. The molecule has 1 aliphatic carbocycles. The molecule has 17 heteroatoms. The first-order valence-electron chi connectivity index (χ1n) is 15.2. The van der Waals surface area contributed by atoms with Crippen molar-refractivity contribution in [2.75, 3.05) is 43.7 Å². The third-order valence-electron chi connectivity index (χ3n) is 8.91. The van der Waals surface area contributed by atoms with Gasteiger partial charge >= 0.3 is 18.4 Å². The van der Waals surface area contributed by atoms with Crippen LogP contribution in [0.25, 0.3) is 0 Å². The zero-order chi connectivity index (χ0) is 35.6. The Labute approximate surface area is 279 Å². The predicted octanol–water partition coefficient (Wildman–Crippen LogP) is 6.45. The van der Waals surface area contributed by atoms with Crippen LogP contribution in [0.1, 0.15) is 54.7 Å². The zero-order valence-corrected chi connectivity index (χ0v) is 27.7. The van der Waals surface area contributed by atoms with Gasteiger partial charge in [-0.15, -0.1) is 11.6 Å². The molecule has 4 rings (SSSR count). The number of sulfonamides is 1. The molecule has 1 N–H and O–H groups in total. The van der Waals surface area contributed by atoms with E-state index < -0.39 is 68.9 Å². The number of hydrogen-bond donors (Lipinski definition) is 1. The summed E-state index contributed by atoms with van der Waals surface area (Å²) in [6, 6.07) is 4.27. The van der Waals surface area contributed by atoms with Crippen molar-refractivity contribution in [1.29, 1.82) is 0 Å². The number of hydrogen-bond acceptors (Lipinski definition) is 4. The minimum absolute atomic E-state index is 0.00165. The Balaban J connectivity index is 1.53. The molecule has 0 aromatic heterocycles. The molecule has 8 nitrogen and oxygen atoms in total. The maximum atomic E-state index is 13.8. The number of nitrogens with one attached hydrogen (secondary N) is 1. The van der Waals surface area contributed by atoms with Gasteiger partial charge in [0, 0.05) is 56.6 Å². The van der Waals surface area contributed by atoms with Crippen LogP contribution in [0.2, 0.25) is 0 Å². The van der Waals surface area contributed by atoms with Gasteiger partial charge in [0.2, 0.25) is 15.9 Å². The highest BCUT2D eigenvalue weighted by Gasteiger charge is 2.43. The molecule has 2 fully saturated rings. The van der Waals surface area contributed by atoms with E-state index >= 15 is 0 Å². The summed E-state index contributed by atoms with van der Waals surface area (Å²) >= 11 is 5.60. The van der Waals surface area contributed by atoms with Crippen LogP contribution >= 0.6 is 11.6 Å². The molecule has 1 saturated carbocycles. The van der Waals surface area contributed by atoms with Gasteiger partial charge in [-0.3, -0.25) is 9.69 Å². The third-order valence-corrected chi connectivity index (χ3v) is 10.7. The van der Waals surface area contributed by atoms with Crippen molar-refractivity contribution in [2.24, 2.45) is 5.92 Å². The van der Waals surface area contributed by atoms with E-state index in [0.29, 0.717) is 54.7 Å². The fourth-order valence-electron chi connectivity index (χ4n) is 6.29. The van der Waals surface area contributed by atoms with Crippen molar-refractivity contribution in [3.05, 3.63) is 65.0 Å². The summed E-state index contributed by atoms with van der Waals surface area (Å²) in [6.45, 7) is 0.113. The molecule has 2 aliphatic rings. The van der Waals surface area contributed by atoms with Crippen molar-refractivity contribution in [3.63, 3.8) is 0 Å². The molecule has 0 spiro atoms. The number of halogens is 8. The number of rotatable bonds is 9. The number of amides is 3. The molecular formula is C31H36ClF7N4O4S. The molecule has 1 saturated heterocycles. The normalized spacial score (nSPS) is 22.1. The zero-order valence-electron chi connectivity index (χ0n) is 26.1. The topological polar surface area (TPSA) is 90.0 Å². The largest absolute Gasteiger partial charge is 0.416 e. The van der Waals surface area contributed by atoms with Crippen molar-refractivity contribution in [2.45, 2.75) is 62.5 Å². The fourth-order valence-corrected chi connectivity index (χ4v) is 7.97. The summed E-state index contributed by atoms with van der Waals surface area (Å²) in [5.41, 5.74) is -3.20. The van der Waals surface area contributed by atoms with Crippen LogP contribution in [0, 0.1) is 11.7 Å². The van der Waals surface area contributed by atoms with Crippen molar-refractivity contribution in [1.82, 2.24) is 14.5 Å². The highest BCUT2D eigenvalue weighted by molar-refractivity contribution is 7.89. The summed E-state index contributed by atoms with van der Waals surface area (Å²) in [5.74, 6) is -1.64. The van der Waals surface area contributed by atoms with E-state index in [4.69, 9.17) is 11.6 Å². The lowest BCUT2D eigenvalue weighted by Gasteiger charge is -2.33. The number of carbonyl (C=O) groups is 2. The third kappa shape index (κ3) is 9.11. The number of benzene rings is 2. The number of urea groups is 1. The number of likely N-dealkylation sites (tertiary alicyclic amines) is 1. The van der Waals surface area contributed by atoms with Crippen molar-refractivity contribution in [3.8, 4) is 0 Å². The Morgan fingerprint density at radius 2 is 1.48 bits per heavy atom. The molecule has 266 valence electrons. The van der Waals surface area contributed by atoms with Crippen molar-refractivity contribution >= 4 is 39.2 Å². The number of likely N-dealkylation sites (N-methyl/N-ethyl adjacent to an activating group) is 1. The van der Waals surface area contributed by atoms with Gasteiger partial charge in [-0.1, -0.05) is 12.1 Å². The fraction of sp³-hybridized carbons (Fsp3) is 0.548. The predicted molar refractivity (Wildman–Crippen MR) is 166 cm³/mol. The van der Waals surface area contributed by atoms with E-state index in [2.05, 4.69) is 4.72 Å². The lowest BCUT2D eigenvalue weighted by atomic mass is 9.85. The standard InChI is InChI=1S/C31H36ClF7N4O4S/c1-41(25-15-21(30(34,35)36)14-22(16-25)31(37,38)39)29(45)42(2)27-18-43(17-26(27)19-4-8-23(33)9-5-19)28(44)20-6-10-24(11-7-20)40-48(46,47)13-3-12-32/h4-5,8-9,14-16,20,24,26-27,40H,3,6-7,10-13,17-18H2,1-2H3/t20-,24-,26-,27+/m0/s1. The van der Waals surface area contributed by atoms with Crippen molar-refractivity contribution < 1.29 is 48.7 Å². The van der Waals surface area contributed by atoms with Gasteiger partial charge in [0.05, 0.1) is 22.9 Å². The number of anilines is 1. The van der Waals surface area contributed by atoms with Crippen LogP contribution in [0.15, 0.2) is 42.5 Å². The molecule has 0 unspecified atom stereocenters. The first-order chi connectivity index (χ1) is 22.3. The lowest BCUT2D eigenvalue weighted by molar-refractivity contribution is -0.143. The molecule has 2 atom stereocenters. The monoisotopic (exact) mass is 728 g/mol. The average Bonchev–Trinajstić information content (AvgIpc) is 3.47. The van der Waals surface area contributed by atoms with E-state index in [9.17, 15) is 48.7 Å². The molecule has 0 radical (unpaired) electrons. The summed E-state index contributed by atoms with van der Waals surface area (Å²) in [5, 5.41) is 0. The number of nitrogens with zero attached hydrogens (tertiary/aromatic N) is 3. The van der Waals surface area contributed by atoms with E-state index in [-0.39, 0.29) is 42.7 Å². The van der Waals surface area contributed by atoms with Gasteiger partial charge in [-0.05, 0) is 68.0 Å². The van der Waals surface area contributed by atoms with Gasteiger partial charge in [-0.2, -0.15) is 26.3 Å². The van der Waals surface area contributed by atoms with E-state index in [0.717, 1.165) is 7.05 Å². The molecule has 1 aliphatic heterocycles. The summed E-state index contributed by atoms with van der Waals surface area (Å²) in [7, 11) is -1.12. The second-order valence-electron chi connectivity index (χ2n) is 12.2. The molecule has 2 aromatic carbocycles.